The fraction of sp³-hybridized carbons (Fsp3) is 0.125. The molecule has 90 valence electrons. The predicted molar refractivity (Wildman–Crippen MR) is 77.1 cm³/mol. The summed E-state index contributed by atoms with van der Waals surface area (Å²) in [5.74, 6) is 0. The highest BCUT2D eigenvalue weighted by molar-refractivity contribution is 7.19. The first-order chi connectivity index (χ1) is 8.75. The van der Waals surface area contributed by atoms with Crippen molar-refractivity contribution in [2.75, 3.05) is 0 Å². The van der Waals surface area contributed by atoms with Gasteiger partial charge in [0.25, 0.3) is 0 Å². The highest BCUT2D eigenvalue weighted by atomic mass is 32.1. The van der Waals surface area contributed by atoms with Gasteiger partial charge in [0.05, 0.1) is 0 Å². The minimum absolute atomic E-state index is 0.524. The zero-order chi connectivity index (χ0) is 12.5. The van der Waals surface area contributed by atoms with E-state index >= 15 is 0 Å². The Kier molecular flexibility index (Phi) is 2.90. The van der Waals surface area contributed by atoms with Crippen LogP contribution in [0.25, 0.3) is 10.1 Å². The maximum absolute atomic E-state index is 10.5. The van der Waals surface area contributed by atoms with Crippen LogP contribution in [-0.2, 0) is 0 Å². The van der Waals surface area contributed by atoms with Crippen molar-refractivity contribution < 1.29 is 5.11 Å². The SMILES string of the molecule is Cc1ccccc1C(O)c1cc2ccccc2s1. The van der Waals surface area contributed by atoms with Gasteiger partial charge in [-0.05, 0) is 35.6 Å². The van der Waals surface area contributed by atoms with Gasteiger partial charge in [-0.25, -0.2) is 0 Å². The molecule has 1 unspecified atom stereocenters. The monoisotopic (exact) mass is 254 g/mol. The third-order valence-corrected chi connectivity index (χ3v) is 4.37. The Balaban J connectivity index is 2.07. The molecule has 1 N–H and O–H groups in total. The van der Waals surface area contributed by atoms with E-state index in [2.05, 4.69) is 18.2 Å². The summed E-state index contributed by atoms with van der Waals surface area (Å²) in [5.41, 5.74) is 2.12. The van der Waals surface area contributed by atoms with Gasteiger partial charge in [-0.1, -0.05) is 42.5 Å². The van der Waals surface area contributed by atoms with Crippen LogP contribution in [0.3, 0.4) is 0 Å². The van der Waals surface area contributed by atoms with Crippen molar-refractivity contribution in [1.29, 1.82) is 0 Å². The van der Waals surface area contributed by atoms with Crippen molar-refractivity contribution in [2.24, 2.45) is 0 Å². The van der Waals surface area contributed by atoms with Gasteiger partial charge in [0.1, 0.15) is 6.10 Å². The number of hydrogen-bond acceptors (Lipinski definition) is 2. The highest BCUT2D eigenvalue weighted by Gasteiger charge is 2.15. The first-order valence-corrected chi connectivity index (χ1v) is 6.79. The molecule has 0 aliphatic heterocycles. The van der Waals surface area contributed by atoms with E-state index < -0.39 is 6.10 Å². The van der Waals surface area contributed by atoms with Crippen LogP contribution in [0, 0.1) is 6.92 Å². The van der Waals surface area contributed by atoms with Gasteiger partial charge in [-0.15, -0.1) is 11.3 Å². The Hall–Kier alpha value is -1.64. The average Bonchev–Trinajstić information content (AvgIpc) is 2.82. The van der Waals surface area contributed by atoms with Gasteiger partial charge in [0.2, 0.25) is 0 Å². The van der Waals surface area contributed by atoms with Crippen molar-refractivity contribution >= 4 is 21.4 Å². The van der Waals surface area contributed by atoms with Crippen LogP contribution in [0.15, 0.2) is 54.6 Å². The molecule has 0 radical (unpaired) electrons. The number of aryl methyl sites for hydroxylation is 1. The van der Waals surface area contributed by atoms with Crippen molar-refractivity contribution in [3.63, 3.8) is 0 Å². The van der Waals surface area contributed by atoms with E-state index in [4.69, 9.17) is 0 Å². The zero-order valence-corrected chi connectivity index (χ0v) is 10.9. The number of aliphatic hydroxyl groups excluding tert-OH is 1. The lowest BCUT2D eigenvalue weighted by Crippen LogP contribution is -1.99. The zero-order valence-electron chi connectivity index (χ0n) is 10.1. The Morgan fingerprint density at radius 3 is 2.50 bits per heavy atom. The van der Waals surface area contributed by atoms with Crippen LogP contribution in [0.4, 0.5) is 0 Å². The normalized spacial score (nSPS) is 12.8. The van der Waals surface area contributed by atoms with Gasteiger partial charge in [-0.3, -0.25) is 0 Å². The Bertz CT molecular complexity index is 651. The van der Waals surface area contributed by atoms with Gasteiger partial charge in [0, 0.05) is 9.58 Å². The summed E-state index contributed by atoms with van der Waals surface area (Å²) in [6.07, 6.45) is -0.524. The Labute approximate surface area is 110 Å². The van der Waals surface area contributed by atoms with Crippen molar-refractivity contribution in [3.8, 4) is 0 Å². The molecular weight excluding hydrogens is 240 g/mol. The molecule has 0 spiro atoms. The molecule has 1 aromatic heterocycles. The first kappa shape index (κ1) is 11.5. The van der Waals surface area contributed by atoms with E-state index in [1.165, 1.54) is 10.1 Å². The molecule has 0 bridgehead atoms. The number of fused-ring (bicyclic) bond motifs is 1. The molecular formula is C16H14OS. The quantitative estimate of drug-likeness (QED) is 0.723. The molecule has 0 aliphatic rings. The van der Waals surface area contributed by atoms with Crippen LogP contribution in [0.1, 0.15) is 22.1 Å². The lowest BCUT2D eigenvalue weighted by Gasteiger charge is -2.11. The smallest absolute Gasteiger partial charge is 0.113 e. The van der Waals surface area contributed by atoms with E-state index in [1.807, 2.05) is 43.3 Å². The lowest BCUT2D eigenvalue weighted by atomic mass is 10.0. The molecule has 0 fully saturated rings. The minimum Gasteiger partial charge on any atom is -0.383 e. The fourth-order valence-corrected chi connectivity index (χ4v) is 3.25. The van der Waals surface area contributed by atoms with Crippen molar-refractivity contribution in [3.05, 3.63) is 70.6 Å². The number of rotatable bonds is 2. The summed E-state index contributed by atoms with van der Waals surface area (Å²) in [5, 5.41) is 11.7. The van der Waals surface area contributed by atoms with E-state index in [0.717, 1.165) is 16.0 Å². The number of thiophene rings is 1. The van der Waals surface area contributed by atoms with E-state index in [-0.39, 0.29) is 0 Å². The van der Waals surface area contributed by atoms with Crippen LogP contribution in [0.5, 0.6) is 0 Å². The molecule has 3 rings (SSSR count). The molecule has 0 saturated heterocycles. The van der Waals surface area contributed by atoms with Gasteiger partial charge < -0.3 is 5.11 Å². The van der Waals surface area contributed by atoms with E-state index in [9.17, 15) is 5.11 Å². The number of benzene rings is 2. The summed E-state index contributed by atoms with van der Waals surface area (Å²) in [7, 11) is 0. The molecule has 0 amide bonds. The topological polar surface area (TPSA) is 20.2 Å². The summed E-state index contributed by atoms with van der Waals surface area (Å²) >= 11 is 1.66. The summed E-state index contributed by atoms with van der Waals surface area (Å²) in [4.78, 5) is 1.01. The maximum atomic E-state index is 10.5. The second kappa shape index (κ2) is 4.56. The van der Waals surface area contributed by atoms with Crippen LogP contribution in [0.2, 0.25) is 0 Å². The summed E-state index contributed by atoms with van der Waals surface area (Å²) in [6.45, 7) is 2.03. The molecule has 2 heteroatoms. The molecule has 0 aliphatic carbocycles. The third kappa shape index (κ3) is 1.94. The molecule has 1 nitrogen and oxygen atoms in total. The van der Waals surface area contributed by atoms with Crippen molar-refractivity contribution in [2.45, 2.75) is 13.0 Å². The van der Waals surface area contributed by atoms with Gasteiger partial charge in [0.15, 0.2) is 0 Å². The second-order valence-corrected chi connectivity index (χ2v) is 5.56. The van der Waals surface area contributed by atoms with Crippen LogP contribution < -0.4 is 0 Å². The second-order valence-electron chi connectivity index (χ2n) is 4.45. The first-order valence-electron chi connectivity index (χ1n) is 5.98. The van der Waals surface area contributed by atoms with Crippen LogP contribution >= 0.6 is 11.3 Å². The van der Waals surface area contributed by atoms with E-state index in [0.29, 0.717) is 0 Å². The fourth-order valence-electron chi connectivity index (χ4n) is 2.18. The highest BCUT2D eigenvalue weighted by Crippen LogP contribution is 2.33. The number of hydrogen-bond donors (Lipinski definition) is 1. The number of aliphatic hydroxyl groups is 1. The molecule has 1 atom stereocenters. The van der Waals surface area contributed by atoms with Crippen LogP contribution in [-0.4, -0.2) is 5.11 Å². The minimum atomic E-state index is -0.524. The molecule has 1 heterocycles. The molecule has 2 aromatic carbocycles. The van der Waals surface area contributed by atoms with Gasteiger partial charge >= 0.3 is 0 Å². The van der Waals surface area contributed by atoms with Crippen molar-refractivity contribution in [1.82, 2.24) is 0 Å². The molecule has 0 saturated carbocycles. The standard InChI is InChI=1S/C16H14OS/c1-11-6-2-4-8-13(11)16(17)15-10-12-7-3-5-9-14(12)18-15/h2-10,16-17H,1H3. The lowest BCUT2D eigenvalue weighted by molar-refractivity contribution is 0.223. The third-order valence-electron chi connectivity index (χ3n) is 3.20. The average molecular weight is 254 g/mol. The van der Waals surface area contributed by atoms with Gasteiger partial charge in [-0.2, -0.15) is 0 Å². The Morgan fingerprint density at radius 2 is 1.72 bits per heavy atom. The largest absolute Gasteiger partial charge is 0.383 e. The Morgan fingerprint density at radius 1 is 1.00 bits per heavy atom. The molecule has 3 aromatic rings. The summed E-state index contributed by atoms with van der Waals surface area (Å²) < 4.78 is 1.22. The molecule has 18 heavy (non-hydrogen) atoms. The summed E-state index contributed by atoms with van der Waals surface area (Å²) in [6, 6.07) is 18.3. The predicted octanol–water partition coefficient (Wildman–Crippen LogP) is 4.29. The maximum Gasteiger partial charge on any atom is 0.113 e. The van der Waals surface area contributed by atoms with E-state index in [1.54, 1.807) is 11.3 Å².